The van der Waals surface area contributed by atoms with Crippen LogP contribution >= 0.6 is 0 Å². The molecule has 0 aliphatic rings. The molecule has 0 aliphatic carbocycles. The Hall–Kier alpha value is -1.09. The van der Waals surface area contributed by atoms with Crippen LogP contribution in [0.5, 0.6) is 0 Å². The maximum atomic E-state index is 9.47. The van der Waals surface area contributed by atoms with E-state index >= 15 is 0 Å². The van der Waals surface area contributed by atoms with Gasteiger partial charge in [-0.3, -0.25) is 0 Å². The fraction of sp³-hybridized carbons (Fsp3) is 0.583. The van der Waals surface area contributed by atoms with Crippen LogP contribution in [-0.2, 0) is 0 Å². The third-order valence-corrected chi connectivity index (χ3v) is 2.10. The molecule has 0 amide bonds. The van der Waals surface area contributed by atoms with Crippen LogP contribution in [-0.4, -0.2) is 15.6 Å². The Labute approximate surface area is 91.5 Å². The zero-order valence-electron chi connectivity index (χ0n) is 10.1. The van der Waals surface area contributed by atoms with Gasteiger partial charge in [0.05, 0.1) is 6.10 Å². The predicted octanol–water partition coefficient (Wildman–Crippen LogP) is 2.65. The van der Waals surface area contributed by atoms with Gasteiger partial charge in [0.15, 0.2) is 0 Å². The van der Waals surface area contributed by atoms with Crippen molar-refractivity contribution in [3.05, 3.63) is 23.4 Å². The van der Waals surface area contributed by atoms with Crippen molar-refractivity contribution in [1.82, 2.24) is 4.98 Å². The summed E-state index contributed by atoms with van der Waals surface area (Å²) in [5.74, 6) is 0.851. The number of aliphatic hydroxyl groups is 1. The summed E-state index contributed by atoms with van der Waals surface area (Å²) in [5.41, 5.74) is 1.95. The van der Waals surface area contributed by atoms with Crippen molar-refractivity contribution in [3.63, 3.8) is 0 Å². The van der Waals surface area contributed by atoms with Gasteiger partial charge in [0.25, 0.3) is 0 Å². The molecule has 1 heterocycles. The first-order chi connectivity index (χ1) is 6.79. The van der Waals surface area contributed by atoms with Crippen molar-refractivity contribution < 1.29 is 5.11 Å². The van der Waals surface area contributed by atoms with E-state index in [2.05, 4.69) is 31.1 Å². The van der Waals surface area contributed by atoms with Crippen LogP contribution in [0.25, 0.3) is 0 Å². The number of hydrogen-bond acceptors (Lipinski definition) is 3. The fourth-order valence-electron chi connectivity index (χ4n) is 1.46. The van der Waals surface area contributed by atoms with Crippen molar-refractivity contribution in [2.24, 2.45) is 0 Å². The van der Waals surface area contributed by atoms with Crippen molar-refractivity contribution in [2.75, 3.05) is 5.32 Å². The van der Waals surface area contributed by atoms with E-state index in [0.29, 0.717) is 0 Å². The van der Waals surface area contributed by atoms with Crippen LogP contribution in [0, 0.1) is 6.92 Å². The van der Waals surface area contributed by atoms with Crippen LogP contribution in [0.15, 0.2) is 12.3 Å². The van der Waals surface area contributed by atoms with E-state index in [1.165, 1.54) is 0 Å². The highest BCUT2D eigenvalue weighted by atomic mass is 16.3. The van der Waals surface area contributed by atoms with Gasteiger partial charge in [0.1, 0.15) is 5.82 Å². The summed E-state index contributed by atoms with van der Waals surface area (Å²) in [7, 11) is 0. The van der Waals surface area contributed by atoms with Gasteiger partial charge < -0.3 is 10.4 Å². The van der Waals surface area contributed by atoms with Gasteiger partial charge in [-0.25, -0.2) is 4.98 Å². The molecule has 84 valence electrons. The second-order valence-corrected chi connectivity index (χ2v) is 4.98. The van der Waals surface area contributed by atoms with Gasteiger partial charge in [0, 0.05) is 17.3 Å². The summed E-state index contributed by atoms with van der Waals surface area (Å²) in [6.45, 7) is 10.0. The van der Waals surface area contributed by atoms with E-state index in [0.717, 1.165) is 16.9 Å². The molecular formula is C12H20N2O. The molecule has 0 radical (unpaired) electrons. The molecule has 3 heteroatoms. The number of hydrogen-bond donors (Lipinski definition) is 2. The van der Waals surface area contributed by atoms with Crippen LogP contribution < -0.4 is 5.32 Å². The molecule has 1 aromatic rings. The number of pyridine rings is 1. The zero-order valence-corrected chi connectivity index (χ0v) is 10.1. The third kappa shape index (κ3) is 3.51. The highest BCUT2D eigenvalue weighted by Crippen LogP contribution is 2.20. The molecule has 0 saturated carbocycles. The van der Waals surface area contributed by atoms with Crippen LogP contribution in [0.4, 0.5) is 5.82 Å². The molecule has 0 unspecified atom stereocenters. The fourth-order valence-corrected chi connectivity index (χ4v) is 1.46. The highest BCUT2D eigenvalue weighted by Gasteiger charge is 2.12. The van der Waals surface area contributed by atoms with Crippen LogP contribution in [0.1, 0.15) is 44.9 Å². The Morgan fingerprint density at radius 2 is 2.00 bits per heavy atom. The number of rotatable bonds is 2. The van der Waals surface area contributed by atoms with Crippen LogP contribution in [0.3, 0.4) is 0 Å². The summed E-state index contributed by atoms with van der Waals surface area (Å²) in [5, 5.41) is 12.8. The van der Waals surface area contributed by atoms with Crippen molar-refractivity contribution >= 4 is 5.82 Å². The Kier molecular flexibility index (Phi) is 3.35. The summed E-state index contributed by atoms with van der Waals surface area (Å²) < 4.78 is 0. The quantitative estimate of drug-likeness (QED) is 0.785. The Balaban J connectivity index is 2.92. The average Bonchev–Trinajstić information content (AvgIpc) is 1.99. The third-order valence-electron chi connectivity index (χ3n) is 2.10. The van der Waals surface area contributed by atoms with E-state index in [1.54, 1.807) is 13.1 Å². The van der Waals surface area contributed by atoms with Crippen molar-refractivity contribution in [3.8, 4) is 0 Å². The lowest BCUT2D eigenvalue weighted by molar-refractivity contribution is 0.198. The first-order valence-corrected chi connectivity index (χ1v) is 5.22. The maximum Gasteiger partial charge on any atom is 0.126 e. The van der Waals surface area contributed by atoms with Crippen molar-refractivity contribution in [2.45, 2.75) is 46.3 Å². The smallest absolute Gasteiger partial charge is 0.126 e. The maximum absolute atomic E-state index is 9.47. The van der Waals surface area contributed by atoms with Gasteiger partial charge in [0.2, 0.25) is 0 Å². The second kappa shape index (κ2) is 4.19. The summed E-state index contributed by atoms with van der Waals surface area (Å²) in [6, 6.07) is 1.97. The van der Waals surface area contributed by atoms with E-state index in [4.69, 9.17) is 0 Å². The SMILES string of the molecule is Cc1cc(NC(C)(C)C)ncc1[C@@H](C)O. The molecule has 1 rings (SSSR count). The number of aryl methyl sites for hydroxylation is 1. The molecule has 2 N–H and O–H groups in total. The van der Waals surface area contributed by atoms with Gasteiger partial charge in [-0.15, -0.1) is 0 Å². The monoisotopic (exact) mass is 208 g/mol. The number of aromatic nitrogens is 1. The van der Waals surface area contributed by atoms with Gasteiger partial charge in [-0.05, 0) is 46.2 Å². The largest absolute Gasteiger partial charge is 0.389 e. The second-order valence-electron chi connectivity index (χ2n) is 4.98. The predicted molar refractivity (Wildman–Crippen MR) is 63.0 cm³/mol. The molecule has 15 heavy (non-hydrogen) atoms. The number of nitrogens with zero attached hydrogens (tertiary/aromatic N) is 1. The average molecular weight is 208 g/mol. The lowest BCUT2D eigenvalue weighted by Crippen LogP contribution is -2.26. The highest BCUT2D eigenvalue weighted by molar-refractivity contribution is 5.42. The minimum Gasteiger partial charge on any atom is -0.389 e. The van der Waals surface area contributed by atoms with E-state index < -0.39 is 6.10 Å². The number of aliphatic hydroxyl groups excluding tert-OH is 1. The molecular weight excluding hydrogens is 188 g/mol. The Morgan fingerprint density at radius 1 is 1.40 bits per heavy atom. The van der Waals surface area contributed by atoms with E-state index in [-0.39, 0.29) is 5.54 Å². The Morgan fingerprint density at radius 3 is 2.40 bits per heavy atom. The molecule has 1 aromatic heterocycles. The van der Waals surface area contributed by atoms with Gasteiger partial charge >= 0.3 is 0 Å². The summed E-state index contributed by atoms with van der Waals surface area (Å²) >= 11 is 0. The van der Waals surface area contributed by atoms with Crippen LogP contribution in [0.2, 0.25) is 0 Å². The minimum absolute atomic E-state index is 0.00574. The Bertz CT molecular complexity index is 340. The summed E-state index contributed by atoms with van der Waals surface area (Å²) in [4.78, 5) is 4.28. The molecule has 0 fully saturated rings. The van der Waals surface area contributed by atoms with Gasteiger partial charge in [-0.2, -0.15) is 0 Å². The minimum atomic E-state index is -0.457. The van der Waals surface area contributed by atoms with Crippen molar-refractivity contribution in [1.29, 1.82) is 0 Å². The van der Waals surface area contributed by atoms with Gasteiger partial charge in [-0.1, -0.05) is 0 Å². The first kappa shape index (κ1) is 12.0. The molecule has 0 spiro atoms. The lowest BCUT2D eigenvalue weighted by Gasteiger charge is -2.22. The molecule has 0 aromatic carbocycles. The van der Waals surface area contributed by atoms with E-state index in [9.17, 15) is 5.11 Å². The summed E-state index contributed by atoms with van der Waals surface area (Å²) in [6.07, 6.45) is 1.27. The first-order valence-electron chi connectivity index (χ1n) is 5.22. The number of nitrogens with one attached hydrogen (secondary N) is 1. The normalized spacial score (nSPS) is 13.7. The molecule has 1 atom stereocenters. The lowest BCUT2D eigenvalue weighted by atomic mass is 10.1. The van der Waals surface area contributed by atoms with E-state index in [1.807, 2.05) is 13.0 Å². The molecule has 0 aliphatic heterocycles. The molecule has 0 bridgehead atoms. The standard InChI is InChI=1S/C12H20N2O/c1-8-6-11(14-12(3,4)5)13-7-10(8)9(2)15/h6-7,9,15H,1-5H3,(H,13,14)/t9-/m1/s1. The zero-order chi connectivity index (χ0) is 11.6. The molecule has 3 nitrogen and oxygen atoms in total. The molecule has 0 saturated heterocycles. The number of anilines is 1. The topological polar surface area (TPSA) is 45.2 Å².